The molecule has 0 aromatic heterocycles. The van der Waals surface area contributed by atoms with Gasteiger partial charge in [-0.1, -0.05) is 11.6 Å². The van der Waals surface area contributed by atoms with Crippen molar-refractivity contribution in [1.82, 2.24) is 0 Å². The number of phenols is 1. The highest BCUT2D eigenvalue weighted by atomic mass is 35.5. The van der Waals surface area contributed by atoms with E-state index in [4.69, 9.17) is 11.6 Å². The monoisotopic (exact) mass is 231 g/mol. The van der Waals surface area contributed by atoms with Crippen LogP contribution in [0.25, 0.3) is 0 Å². The van der Waals surface area contributed by atoms with E-state index >= 15 is 0 Å². The van der Waals surface area contributed by atoms with E-state index < -0.39 is 0 Å². The second kappa shape index (κ2) is 5.12. The van der Waals surface area contributed by atoms with E-state index in [1.54, 1.807) is 6.07 Å². The van der Waals surface area contributed by atoms with Crippen molar-refractivity contribution in [1.29, 1.82) is 0 Å². The lowest BCUT2D eigenvalue weighted by Crippen LogP contribution is -2.13. The molecule has 0 saturated heterocycles. The average Bonchev–Trinajstić information content (AvgIpc) is 2.12. The van der Waals surface area contributed by atoms with Crippen molar-refractivity contribution in [3.8, 4) is 5.75 Å². The fourth-order valence-electron chi connectivity index (χ4n) is 0.919. The maximum absolute atomic E-state index is 11.2. The number of thioether (sulfide) groups is 1. The summed E-state index contributed by atoms with van der Waals surface area (Å²) in [5.74, 6) is 0.261. The zero-order valence-corrected chi connectivity index (χ0v) is 9.15. The van der Waals surface area contributed by atoms with Gasteiger partial charge in [-0.3, -0.25) is 4.79 Å². The molecular weight excluding hydrogens is 222 g/mol. The maximum atomic E-state index is 11.2. The first kappa shape index (κ1) is 11.2. The highest BCUT2D eigenvalue weighted by Gasteiger charge is 2.03. The molecule has 0 saturated carbocycles. The number of halogens is 1. The Labute approximate surface area is 91.5 Å². The minimum absolute atomic E-state index is 0.0337. The van der Waals surface area contributed by atoms with Crippen LogP contribution < -0.4 is 5.32 Å². The van der Waals surface area contributed by atoms with Crippen LogP contribution in [0.15, 0.2) is 18.2 Å². The fraction of sp³-hybridized carbons (Fsp3) is 0.222. The van der Waals surface area contributed by atoms with Crippen LogP contribution in [0, 0.1) is 0 Å². The van der Waals surface area contributed by atoms with Crippen molar-refractivity contribution in [3.63, 3.8) is 0 Å². The van der Waals surface area contributed by atoms with E-state index in [2.05, 4.69) is 5.32 Å². The van der Waals surface area contributed by atoms with Gasteiger partial charge in [0, 0.05) is 11.8 Å². The lowest BCUT2D eigenvalue weighted by atomic mass is 10.3. The Morgan fingerprint density at radius 2 is 2.36 bits per heavy atom. The molecule has 0 aliphatic heterocycles. The smallest absolute Gasteiger partial charge is 0.234 e. The summed E-state index contributed by atoms with van der Waals surface area (Å²) >= 11 is 7.05. The molecule has 14 heavy (non-hydrogen) atoms. The van der Waals surface area contributed by atoms with Gasteiger partial charge in [-0.25, -0.2) is 0 Å². The quantitative estimate of drug-likeness (QED) is 0.840. The molecule has 3 nitrogen and oxygen atoms in total. The van der Waals surface area contributed by atoms with Crippen LogP contribution in [-0.4, -0.2) is 23.0 Å². The number of benzene rings is 1. The van der Waals surface area contributed by atoms with Crippen LogP contribution in [0.5, 0.6) is 5.75 Å². The van der Waals surface area contributed by atoms with Crippen molar-refractivity contribution in [2.45, 2.75) is 0 Å². The van der Waals surface area contributed by atoms with Crippen molar-refractivity contribution in [2.24, 2.45) is 0 Å². The van der Waals surface area contributed by atoms with Gasteiger partial charge >= 0.3 is 0 Å². The topological polar surface area (TPSA) is 49.3 Å². The van der Waals surface area contributed by atoms with Gasteiger partial charge in [0.1, 0.15) is 5.75 Å². The Kier molecular flexibility index (Phi) is 4.10. The summed E-state index contributed by atoms with van der Waals surface area (Å²) in [5.41, 5.74) is 0.547. The molecule has 1 rings (SSSR count). The molecule has 0 fully saturated rings. The Hall–Kier alpha value is -0.870. The van der Waals surface area contributed by atoms with E-state index in [9.17, 15) is 9.90 Å². The third-order valence-corrected chi connectivity index (χ3v) is 2.38. The minimum atomic E-state index is -0.0979. The van der Waals surface area contributed by atoms with Crippen LogP contribution in [-0.2, 0) is 4.79 Å². The summed E-state index contributed by atoms with van der Waals surface area (Å²) in [5, 5.41) is 12.2. The standard InChI is InChI=1S/C9H10ClNO2S/c1-14-5-9(13)11-6-2-3-7(10)8(12)4-6/h2-4,12H,5H2,1H3,(H,11,13). The molecule has 1 amide bonds. The molecule has 2 N–H and O–H groups in total. The number of aromatic hydroxyl groups is 1. The summed E-state index contributed by atoms with van der Waals surface area (Å²) in [6, 6.07) is 4.59. The molecule has 76 valence electrons. The molecule has 0 aliphatic rings. The summed E-state index contributed by atoms with van der Waals surface area (Å²) in [7, 11) is 0. The maximum Gasteiger partial charge on any atom is 0.234 e. The number of hydrogen-bond acceptors (Lipinski definition) is 3. The molecule has 0 unspecified atom stereocenters. The van der Waals surface area contributed by atoms with Gasteiger partial charge in [0.2, 0.25) is 5.91 Å². The van der Waals surface area contributed by atoms with Crippen LogP contribution in [0.1, 0.15) is 0 Å². The second-order valence-corrected chi connectivity index (χ2v) is 3.92. The zero-order chi connectivity index (χ0) is 10.6. The Balaban J connectivity index is 2.68. The normalized spacial score (nSPS) is 9.86. The van der Waals surface area contributed by atoms with Crippen molar-refractivity contribution < 1.29 is 9.90 Å². The lowest BCUT2D eigenvalue weighted by molar-refractivity contribution is -0.113. The first-order valence-electron chi connectivity index (χ1n) is 3.91. The molecule has 0 heterocycles. The van der Waals surface area contributed by atoms with Crippen LogP contribution in [0.4, 0.5) is 5.69 Å². The number of rotatable bonds is 3. The first-order chi connectivity index (χ1) is 6.63. The fourth-order valence-corrected chi connectivity index (χ4v) is 1.37. The molecule has 1 aromatic rings. The number of amides is 1. The molecule has 0 radical (unpaired) electrons. The van der Waals surface area contributed by atoms with E-state index in [0.29, 0.717) is 11.4 Å². The number of hydrogen-bond donors (Lipinski definition) is 2. The van der Waals surface area contributed by atoms with E-state index in [-0.39, 0.29) is 16.7 Å². The number of anilines is 1. The molecular formula is C9H10ClNO2S. The number of nitrogens with one attached hydrogen (secondary N) is 1. The van der Waals surface area contributed by atoms with Gasteiger partial charge in [0.05, 0.1) is 10.8 Å². The summed E-state index contributed by atoms with van der Waals surface area (Å²) in [6.45, 7) is 0. The van der Waals surface area contributed by atoms with Crippen molar-refractivity contribution in [2.75, 3.05) is 17.3 Å². The Morgan fingerprint density at radius 1 is 1.64 bits per heavy atom. The number of carbonyl (C=O) groups is 1. The molecule has 0 bridgehead atoms. The number of carbonyl (C=O) groups excluding carboxylic acids is 1. The average molecular weight is 232 g/mol. The van der Waals surface area contributed by atoms with Gasteiger partial charge in [-0.2, -0.15) is 11.8 Å². The van der Waals surface area contributed by atoms with Crippen LogP contribution in [0.3, 0.4) is 0 Å². The highest BCUT2D eigenvalue weighted by Crippen LogP contribution is 2.26. The Morgan fingerprint density at radius 3 is 2.93 bits per heavy atom. The lowest BCUT2D eigenvalue weighted by Gasteiger charge is -2.04. The zero-order valence-electron chi connectivity index (χ0n) is 7.58. The number of phenolic OH excluding ortho intramolecular Hbond substituents is 1. The van der Waals surface area contributed by atoms with Gasteiger partial charge < -0.3 is 10.4 Å². The third kappa shape index (κ3) is 3.12. The van der Waals surface area contributed by atoms with Gasteiger partial charge in [-0.05, 0) is 18.4 Å². The van der Waals surface area contributed by atoms with Crippen molar-refractivity contribution >= 4 is 35.0 Å². The summed E-state index contributed by atoms with van der Waals surface area (Å²) in [4.78, 5) is 11.2. The summed E-state index contributed by atoms with van der Waals surface area (Å²) in [6.07, 6.45) is 1.85. The minimum Gasteiger partial charge on any atom is -0.506 e. The third-order valence-electron chi connectivity index (χ3n) is 1.51. The van der Waals surface area contributed by atoms with Gasteiger partial charge in [0.25, 0.3) is 0 Å². The second-order valence-electron chi connectivity index (χ2n) is 2.65. The van der Waals surface area contributed by atoms with Gasteiger partial charge in [-0.15, -0.1) is 0 Å². The first-order valence-corrected chi connectivity index (χ1v) is 5.68. The molecule has 0 spiro atoms. The highest BCUT2D eigenvalue weighted by molar-refractivity contribution is 7.99. The molecule has 5 heteroatoms. The molecule has 0 aliphatic carbocycles. The van der Waals surface area contributed by atoms with Gasteiger partial charge in [0.15, 0.2) is 0 Å². The van der Waals surface area contributed by atoms with E-state index in [1.165, 1.54) is 23.9 Å². The SMILES string of the molecule is CSCC(=O)Nc1ccc(Cl)c(O)c1. The van der Waals surface area contributed by atoms with E-state index in [1.807, 2.05) is 6.26 Å². The largest absolute Gasteiger partial charge is 0.506 e. The predicted molar refractivity (Wildman–Crippen MR) is 60.1 cm³/mol. The molecule has 0 atom stereocenters. The molecule has 1 aromatic carbocycles. The predicted octanol–water partition coefficient (Wildman–Crippen LogP) is 2.35. The van der Waals surface area contributed by atoms with Crippen molar-refractivity contribution in [3.05, 3.63) is 23.2 Å². The van der Waals surface area contributed by atoms with E-state index in [0.717, 1.165) is 0 Å². The summed E-state index contributed by atoms with van der Waals surface area (Å²) < 4.78 is 0. The Bertz CT molecular complexity index is 344. The van der Waals surface area contributed by atoms with Crippen LogP contribution >= 0.6 is 23.4 Å². The van der Waals surface area contributed by atoms with Crippen LogP contribution in [0.2, 0.25) is 5.02 Å².